The fourth-order valence-electron chi connectivity index (χ4n) is 3.79. The Morgan fingerprint density at radius 2 is 1.82 bits per heavy atom. The Balaban J connectivity index is 1.85. The van der Waals surface area contributed by atoms with Gasteiger partial charge in [-0.25, -0.2) is 0 Å². The molecule has 1 aromatic heterocycles. The van der Waals surface area contributed by atoms with Gasteiger partial charge in [0.15, 0.2) is 0 Å². The van der Waals surface area contributed by atoms with Crippen molar-refractivity contribution in [2.45, 2.75) is 40.0 Å². The molecular formula is C22H29N3O2S. The van der Waals surface area contributed by atoms with Gasteiger partial charge in [0.25, 0.3) is 11.8 Å². The molecule has 2 N–H and O–H groups in total. The average Bonchev–Trinajstić information content (AvgIpc) is 3.05. The highest BCUT2D eigenvalue weighted by atomic mass is 32.1. The minimum Gasteiger partial charge on any atom is -0.372 e. The number of anilines is 2. The highest BCUT2D eigenvalue weighted by Crippen LogP contribution is 2.39. The minimum atomic E-state index is -0.178. The average molecular weight is 400 g/mol. The van der Waals surface area contributed by atoms with Gasteiger partial charge in [-0.1, -0.05) is 6.92 Å². The number of thiophene rings is 1. The first kappa shape index (κ1) is 20.4. The van der Waals surface area contributed by atoms with E-state index in [1.165, 1.54) is 4.88 Å². The smallest absolute Gasteiger partial charge is 0.256 e. The Bertz CT molecular complexity index is 853. The molecule has 1 atom stereocenters. The number of nitrogens with one attached hydrogen (secondary N) is 2. The Labute approximate surface area is 171 Å². The molecule has 6 heteroatoms. The molecule has 1 aliphatic carbocycles. The van der Waals surface area contributed by atoms with Crippen LogP contribution >= 0.6 is 11.3 Å². The molecule has 1 aromatic carbocycles. The number of carbonyl (C=O) groups excluding carboxylic acids is 2. The molecule has 0 fully saturated rings. The Morgan fingerprint density at radius 1 is 1.14 bits per heavy atom. The van der Waals surface area contributed by atoms with Crippen molar-refractivity contribution in [2.24, 2.45) is 5.92 Å². The topological polar surface area (TPSA) is 61.4 Å². The summed E-state index contributed by atoms with van der Waals surface area (Å²) in [5, 5.41) is 6.38. The largest absolute Gasteiger partial charge is 0.372 e. The zero-order valence-electron chi connectivity index (χ0n) is 17.1. The van der Waals surface area contributed by atoms with E-state index in [0.29, 0.717) is 22.0 Å². The third-order valence-electron chi connectivity index (χ3n) is 5.45. The van der Waals surface area contributed by atoms with Gasteiger partial charge in [-0.05, 0) is 68.9 Å². The van der Waals surface area contributed by atoms with Crippen molar-refractivity contribution in [3.8, 4) is 0 Å². The number of benzene rings is 1. The number of nitrogens with zero attached hydrogens (tertiary/aromatic N) is 1. The molecule has 2 aromatic rings. The van der Waals surface area contributed by atoms with Gasteiger partial charge in [0.1, 0.15) is 5.00 Å². The first-order valence-electron chi connectivity index (χ1n) is 10.0. The van der Waals surface area contributed by atoms with Crippen LogP contribution in [-0.2, 0) is 12.8 Å². The molecule has 5 nitrogen and oxygen atoms in total. The van der Waals surface area contributed by atoms with Gasteiger partial charge in [-0.2, -0.15) is 0 Å². The van der Waals surface area contributed by atoms with Gasteiger partial charge in [0, 0.05) is 36.3 Å². The third-order valence-corrected chi connectivity index (χ3v) is 6.62. The highest BCUT2D eigenvalue weighted by molar-refractivity contribution is 7.17. The van der Waals surface area contributed by atoms with Gasteiger partial charge >= 0.3 is 0 Å². The number of rotatable bonds is 6. The van der Waals surface area contributed by atoms with Crippen molar-refractivity contribution >= 4 is 33.8 Å². The van der Waals surface area contributed by atoms with E-state index in [9.17, 15) is 9.59 Å². The van der Waals surface area contributed by atoms with E-state index in [1.807, 2.05) is 24.3 Å². The van der Waals surface area contributed by atoms with E-state index in [1.54, 1.807) is 18.4 Å². The maximum Gasteiger partial charge on any atom is 0.256 e. The number of fused-ring (bicyclic) bond motifs is 1. The zero-order chi connectivity index (χ0) is 20.3. The van der Waals surface area contributed by atoms with Gasteiger partial charge < -0.3 is 15.5 Å². The van der Waals surface area contributed by atoms with E-state index in [0.717, 1.165) is 43.6 Å². The van der Waals surface area contributed by atoms with Crippen molar-refractivity contribution in [1.29, 1.82) is 0 Å². The highest BCUT2D eigenvalue weighted by Gasteiger charge is 2.28. The maximum atomic E-state index is 12.8. The lowest BCUT2D eigenvalue weighted by Gasteiger charge is -2.21. The second-order valence-electron chi connectivity index (χ2n) is 7.31. The molecule has 0 bridgehead atoms. The van der Waals surface area contributed by atoms with Crippen LogP contribution in [0.1, 0.15) is 58.3 Å². The Hall–Kier alpha value is -2.34. The number of carbonyl (C=O) groups is 2. The molecule has 2 amide bonds. The van der Waals surface area contributed by atoms with Crippen LogP contribution in [0.15, 0.2) is 24.3 Å². The van der Waals surface area contributed by atoms with Crippen LogP contribution in [-0.4, -0.2) is 32.0 Å². The zero-order valence-corrected chi connectivity index (χ0v) is 17.9. The first-order chi connectivity index (χ1) is 13.5. The summed E-state index contributed by atoms with van der Waals surface area (Å²) in [5.74, 6) is 0.307. The molecular weight excluding hydrogens is 370 g/mol. The monoisotopic (exact) mass is 399 g/mol. The molecule has 1 heterocycles. The van der Waals surface area contributed by atoms with Crippen LogP contribution in [0.25, 0.3) is 0 Å². The van der Waals surface area contributed by atoms with E-state index in [4.69, 9.17) is 0 Å². The van der Waals surface area contributed by atoms with Gasteiger partial charge in [-0.3, -0.25) is 9.59 Å². The molecule has 0 radical (unpaired) electrons. The lowest BCUT2D eigenvalue weighted by Crippen LogP contribution is -2.23. The molecule has 28 heavy (non-hydrogen) atoms. The molecule has 1 aliphatic rings. The van der Waals surface area contributed by atoms with Gasteiger partial charge in [-0.15, -0.1) is 11.3 Å². The van der Waals surface area contributed by atoms with Crippen molar-refractivity contribution in [3.05, 3.63) is 45.8 Å². The van der Waals surface area contributed by atoms with Crippen LogP contribution in [0.5, 0.6) is 0 Å². The van der Waals surface area contributed by atoms with Crippen LogP contribution < -0.4 is 15.5 Å². The fourth-order valence-corrected chi connectivity index (χ4v) is 5.19. The second-order valence-corrected chi connectivity index (χ2v) is 8.41. The van der Waals surface area contributed by atoms with Crippen LogP contribution in [0.4, 0.5) is 10.7 Å². The molecule has 150 valence electrons. The van der Waals surface area contributed by atoms with Crippen molar-refractivity contribution in [1.82, 2.24) is 5.32 Å². The SMILES string of the molecule is CCN(CC)c1ccc(C(=O)Nc2sc3c(c2C(=O)NC)CC[C@H](C)C3)cc1. The summed E-state index contributed by atoms with van der Waals surface area (Å²) in [6.45, 7) is 8.32. The number of hydrogen-bond acceptors (Lipinski definition) is 4. The lowest BCUT2D eigenvalue weighted by atomic mass is 9.88. The molecule has 0 aliphatic heterocycles. The summed E-state index contributed by atoms with van der Waals surface area (Å²) in [5.41, 5.74) is 3.45. The van der Waals surface area contributed by atoms with Crippen LogP contribution in [0, 0.1) is 5.92 Å². The quantitative estimate of drug-likeness (QED) is 0.760. The van der Waals surface area contributed by atoms with Crippen molar-refractivity contribution < 1.29 is 9.59 Å². The lowest BCUT2D eigenvalue weighted by molar-refractivity contribution is 0.0963. The van der Waals surface area contributed by atoms with Crippen LogP contribution in [0.2, 0.25) is 0 Å². The van der Waals surface area contributed by atoms with Gasteiger partial charge in [0.05, 0.1) is 5.56 Å². The normalized spacial score (nSPS) is 15.6. The fraction of sp³-hybridized carbons (Fsp3) is 0.455. The summed E-state index contributed by atoms with van der Waals surface area (Å²) >= 11 is 1.55. The summed E-state index contributed by atoms with van der Waals surface area (Å²) in [4.78, 5) is 28.8. The Kier molecular flexibility index (Phi) is 6.39. The summed E-state index contributed by atoms with van der Waals surface area (Å²) in [6, 6.07) is 7.64. The molecule has 3 rings (SSSR count). The van der Waals surface area contributed by atoms with Crippen molar-refractivity contribution in [2.75, 3.05) is 30.4 Å². The van der Waals surface area contributed by atoms with Gasteiger partial charge in [0.2, 0.25) is 0 Å². The predicted octanol–water partition coefficient (Wildman–Crippen LogP) is 4.33. The molecule has 0 saturated heterocycles. The number of hydrogen-bond donors (Lipinski definition) is 2. The predicted molar refractivity (Wildman–Crippen MR) is 117 cm³/mol. The second kappa shape index (κ2) is 8.78. The van der Waals surface area contributed by atoms with E-state index in [2.05, 4.69) is 36.3 Å². The summed E-state index contributed by atoms with van der Waals surface area (Å²) in [7, 11) is 1.63. The minimum absolute atomic E-state index is 0.126. The molecule has 0 unspecified atom stereocenters. The summed E-state index contributed by atoms with van der Waals surface area (Å²) in [6.07, 6.45) is 2.94. The summed E-state index contributed by atoms with van der Waals surface area (Å²) < 4.78 is 0. The number of amides is 2. The van der Waals surface area contributed by atoms with E-state index < -0.39 is 0 Å². The Morgan fingerprint density at radius 3 is 2.43 bits per heavy atom. The standard InChI is InChI=1S/C22H29N3O2S/c1-5-25(6-2)16-10-8-15(9-11-16)20(26)24-22-19(21(27)23-4)17-12-7-14(3)13-18(17)28-22/h8-11,14H,5-7,12-13H2,1-4H3,(H,23,27)(H,24,26)/t14-/m0/s1. The van der Waals surface area contributed by atoms with Crippen LogP contribution in [0.3, 0.4) is 0 Å². The molecule has 0 saturated carbocycles. The molecule has 0 spiro atoms. The third kappa shape index (κ3) is 4.07. The van der Waals surface area contributed by atoms with E-state index >= 15 is 0 Å². The maximum absolute atomic E-state index is 12.8. The van der Waals surface area contributed by atoms with Crippen molar-refractivity contribution in [3.63, 3.8) is 0 Å². The first-order valence-corrected chi connectivity index (χ1v) is 10.8. The van der Waals surface area contributed by atoms with E-state index in [-0.39, 0.29) is 11.8 Å².